The van der Waals surface area contributed by atoms with E-state index in [2.05, 4.69) is 0 Å². The number of para-hydroxylation sites is 2. The fraction of sp³-hybridized carbons (Fsp3) is 0.143. The van der Waals surface area contributed by atoms with Gasteiger partial charge in [0.2, 0.25) is 0 Å². The summed E-state index contributed by atoms with van der Waals surface area (Å²) in [5.41, 5.74) is 0. The Labute approximate surface area is 59.8 Å². The van der Waals surface area contributed by atoms with Crippen LogP contribution in [0, 0.1) is 0 Å². The molecule has 0 amide bonds. The van der Waals surface area contributed by atoms with Crippen molar-refractivity contribution >= 4 is 0 Å². The predicted molar refractivity (Wildman–Crippen MR) is 36.8 cm³/mol. The van der Waals surface area contributed by atoms with Crippen molar-refractivity contribution in [1.82, 2.24) is 6.15 Å². The van der Waals surface area contributed by atoms with Crippen molar-refractivity contribution in [2.24, 2.45) is 0 Å². The molecule has 3 radical (unpaired) electrons. The van der Waals surface area contributed by atoms with Crippen LogP contribution in [-0.4, -0.2) is 12.2 Å². The van der Waals surface area contributed by atoms with Crippen LogP contribution in [0.25, 0.3) is 0 Å². The average molecular weight is 138 g/mol. The van der Waals surface area contributed by atoms with E-state index >= 15 is 0 Å². The number of hydrogen-bond donors (Lipinski definition) is 1. The summed E-state index contributed by atoms with van der Waals surface area (Å²) in [5.74, 6) is 0.692. The Morgan fingerprint density at radius 2 is 1.90 bits per heavy atom. The van der Waals surface area contributed by atoms with Crippen molar-refractivity contribution in [3.05, 3.63) is 24.3 Å². The molecule has 0 heterocycles. The highest BCUT2D eigenvalue weighted by Gasteiger charge is 1.94. The van der Waals surface area contributed by atoms with Gasteiger partial charge in [0.05, 0.1) is 7.11 Å². The summed E-state index contributed by atoms with van der Waals surface area (Å²) in [7, 11) is 1.52. The molecule has 53 valence electrons. The highest BCUT2D eigenvalue weighted by molar-refractivity contribution is 5.37. The molecule has 0 aliphatic carbocycles. The van der Waals surface area contributed by atoms with E-state index in [0.29, 0.717) is 5.75 Å². The van der Waals surface area contributed by atoms with Gasteiger partial charge in [-0.05, 0) is 12.1 Å². The van der Waals surface area contributed by atoms with Crippen molar-refractivity contribution in [3.63, 3.8) is 0 Å². The fourth-order valence-corrected chi connectivity index (χ4v) is 0.630. The second-order valence-corrected chi connectivity index (χ2v) is 1.67. The quantitative estimate of drug-likeness (QED) is 0.627. The van der Waals surface area contributed by atoms with Crippen molar-refractivity contribution in [1.29, 1.82) is 0 Å². The largest absolute Gasteiger partial charge is 0.504 e. The molecular formula is C7H8NO2. The Kier molecular flexibility index (Phi) is 3.28. The molecule has 1 aromatic rings. The summed E-state index contributed by atoms with van der Waals surface area (Å²) in [6, 6.07) is 6.84. The number of ether oxygens (including phenoxy) is 1. The van der Waals surface area contributed by atoms with Gasteiger partial charge in [-0.2, -0.15) is 0 Å². The van der Waals surface area contributed by atoms with Gasteiger partial charge in [0.25, 0.3) is 0 Å². The highest BCUT2D eigenvalue weighted by atomic mass is 16.5. The normalized spacial score (nSPS) is 8.10. The maximum Gasteiger partial charge on any atom is 0.160 e. The zero-order chi connectivity index (χ0) is 6.69. The minimum Gasteiger partial charge on any atom is -0.504 e. The molecule has 0 atom stereocenters. The zero-order valence-electron chi connectivity index (χ0n) is 5.61. The van der Waals surface area contributed by atoms with E-state index in [1.54, 1.807) is 24.3 Å². The number of methoxy groups -OCH3 is 1. The maximum atomic E-state index is 8.99. The summed E-state index contributed by atoms with van der Waals surface area (Å²) in [4.78, 5) is 0. The molecule has 0 unspecified atom stereocenters. The van der Waals surface area contributed by atoms with Gasteiger partial charge in [0, 0.05) is 6.15 Å². The number of benzene rings is 1. The van der Waals surface area contributed by atoms with Crippen molar-refractivity contribution in [2.45, 2.75) is 0 Å². The molecular weight excluding hydrogens is 130 g/mol. The average Bonchev–Trinajstić information content (AvgIpc) is 1.89. The second kappa shape index (κ2) is 3.74. The van der Waals surface area contributed by atoms with Gasteiger partial charge in [0.15, 0.2) is 11.5 Å². The van der Waals surface area contributed by atoms with E-state index in [0.717, 1.165) is 0 Å². The van der Waals surface area contributed by atoms with Crippen LogP contribution < -0.4 is 10.9 Å². The number of rotatable bonds is 1. The van der Waals surface area contributed by atoms with Crippen molar-refractivity contribution in [3.8, 4) is 11.5 Å². The van der Waals surface area contributed by atoms with Gasteiger partial charge in [-0.25, -0.2) is 0 Å². The summed E-state index contributed by atoms with van der Waals surface area (Å²) >= 11 is 0. The topological polar surface area (TPSA) is 60.0 Å². The molecule has 1 N–H and O–H groups in total. The van der Waals surface area contributed by atoms with Gasteiger partial charge in [-0.3, -0.25) is 0 Å². The van der Waals surface area contributed by atoms with Crippen LogP contribution in [0.4, 0.5) is 0 Å². The standard InChI is InChI=1S/C7H8O2.N/c1-9-7-5-3-2-4-6(7)8;/h2-5,8H,1H3;. The van der Waals surface area contributed by atoms with Crippen molar-refractivity contribution in [2.75, 3.05) is 7.11 Å². The lowest BCUT2D eigenvalue weighted by Gasteiger charge is -1.99. The minimum absolute atomic E-state index is 0. The van der Waals surface area contributed by atoms with Crippen LogP contribution in [0.1, 0.15) is 0 Å². The van der Waals surface area contributed by atoms with Gasteiger partial charge in [-0.1, -0.05) is 12.1 Å². The van der Waals surface area contributed by atoms with Gasteiger partial charge < -0.3 is 9.84 Å². The third-order valence-corrected chi connectivity index (χ3v) is 1.09. The summed E-state index contributed by atoms with van der Waals surface area (Å²) in [5, 5.41) is 8.99. The fourth-order valence-electron chi connectivity index (χ4n) is 0.630. The van der Waals surface area contributed by atoms with Gasteiger partial charge >= 0.3 is 0 Å². The number of phenolic OH excluding ortho intramolecular Hbond substituents is 1. The smallest absolute Gasteiger partial charge is 0.160 e. The summed E-state index contributed by atoms with van der Waals surface area (Å²) < 4.78 is 4.79. The first-order valence-electron chi connectivity index (χ1n) is 2.66. The molecule has 3 nitrogen and oxygen atoms in total. The molecule has 0 bridgehead atoms. The lowest BCUT2D eigenvalue weighted by molar-refractivity contribution is 0.373. The Morgan fingerprint density at radius 3 is 2.30 bits per heavy atom. The van der Waals surface area contributed by atoms with Gasteiger partial charge in [-0.15, -0.1) is 0 Å². The lowest BCUT2D eigenvalue weighted by Crippen LogP contribution is -1.80. The molecule has 0 aliphatic heterocycles. The number of nitrogens with zero attached hydrogens (tertiary/aromatic N) is 1. The summed E-state index contributed by atoms with van der Waals surface area (Å²) in [6.07, 6.45) is 0. The van der Waals surface area contributed by atoms with Crippen LogP contribution in [-0.2, 0) is 0 Å². The van der Waals surface area contributed by atoms with E-state index in [9.17, 15) is 0 Å². The molecule has 0 saturated carbocycles. The van der Waals surface area contributed by atoms with E-state index in [1.165, 1.54) is 7.11 Å². The molecule has 1 rings (SSSR count). The molecule has 10 heavy (non-hydrogen) atoms. The van der Waals surface area contributed by atoms with E-state index < -0.39 is 0 Å². The Hall–Kier alpha value is -1.22. The van der Waals surface area contributed by atoms with Crippen LogP contribution >= 0.6 is 0 Å². The molecule has 0 aliphatic rings. The van der Waals surface area contributed by atoms with E-state index in [4.69, 9.17) is 9.84 Å². The molecule has 1 aromatic carbocycles. The summed E-state index contributed by atoms with van der Waals surface area (Å²) in [6.45, 7) is 0. The van der Waals surface area contributed by atoms with Crippen LogP contribution in [0.2, 0.25) is 0 Å². The first-order chi connectivity index (χ1) is 4.34. The minimum atomic E-state index is 0. The third kappa shape index (κ3) is 1.63. The maximum absolute atomic E-state index is 8.99. The zero-order valence-corrected chi connectivity index (χ0v) is 5.61. The highest BCUT2D eigenvalue weighted by Crippen LogP contribution is 2.22. The molecule has 0 fully saturated rings. The van der Waals surface area contributed by atoms with Crippen molar-refractivity contribution < 1.29 is 9.84 Å². The third-order valence-electron chi connectivity index (χ3n) is 1.09. The van der Waals surface area contributed by atoms with E-state index in [-0.39, 0.29) is 11.9 Å². The SMILES string of the molecule is COc1ccccc1O.[N]. The molecule has 0 spiro atoms. The molecule has 3 heteroatoms. The second-order valence-electron chi connectivity index (χ2n) is 1.67. The first kappa shape index (κ1) is 8.78. The number of hydrogen-bond acceptors (Lipinski definition) is 2. The van der Waals surface area contributed by atoms with Crippen LogP contribution in [0.5, 0.6) is 11.5 Å². The monoisotopic (exact) mass is 138 g/mol. The molecule has 0 aromatic heterocycles. The number of phenols is 1. The first-order valence-corrected chi connectivity index (χ1v) is 2.66. The Bertz CT molecular complexity index is 201. The lowest BCUT2D eigenvalue weighted by atomic mass is 10.3. The number of aromatic hydroxyl groups is 1. The van der Waals surface area contributed by atoms with Gasteiger partial charge in [0.1, 0.15) is 0 Å². The molecule has 0 saturated heterocycles. The van der Waals surface area contributed by atoms with Crippen LogP contribution in [0.3, 0.4) is 0 Å². The van der Waals surface area contributed by atoms with E-state index in [1.807, 2.05) is 0 Å². The van der Waals surface area contributed by atoms with Crippen LogP contribution in [0.15, 0.2) is 24.3 Å². The predicted octanol–water partition coefficient (Wildman–Crippen LogP) is 0.920. The Balaban J connectivity index is 0.000000810. The Morgan fingerprint density at radius 1 is 1.30 bits per heavy atom.